The van der Waals surface area contributed by atoms with E-state index in [4.69, 9.17) is 9.47 Å². The summed E-state index contributed by atoms with van der Waals surface area (Å²) >= 11 is 0. The number of hydrogen-bond acceptors (Lipinski definition) is 5. The van der Waals surface area contributed by atoms with E-state index in [1.165, 1.54) is 7.11 Å². The van der Waals surface area contributed by atoms with E-state index in [9.17, 15) is 14.4 Å². The Bertz CT molecular complexity index is 869. The Balaban J connectivity index is 2.04. The fourth-order valence-corrected chi connectivity index (χ4v) is 3.18. The molecule has 1 heterocycles. The van der Waals surface area contributed by atoms with E-state index in [1.807, 2.05) is 32.0 Å². The second-order valence-electron chi connectivity index (χ2n) is 6.19. The highest BCUT2D eigenvalue weighted by atomic mass is 16.6. The van der Waals surface area contributed by atoms with Crippen LogP contribution >= 0.6 is 0 Å². The van der Waals surface area contributed by atoms with Crippen LogP contribution in [0.15, 0.2) is 42.5 Å². The Hall–Kier alpha value is -3.15. The van der Waals surface area contributed by atoms with Gasteiger partial charge in [-0.25, -0.2) is 0 Å². The van der Waals surface area contributed by atoms with Gasteiger partial charge in [-0.15, -0.1) is 0 Å². The van der Waals surface area contributed by atoms with Gasteiger partial charge in [-0.05, 0) is 31.0 Å². The summed E-state index contributed by atoms with van der Waals surface area (Å²) in [5.41, 5.74) is 2.92. The van der Waals surface area contributed by atoms with Gasteiger partial charge in [0.2, 0.25) is 5.91 Å². The van der Waals surface area contributed by atoms with Crippen LogP contribution in [0.4, 0.5) is 5.69 Å². The van der Waals surface area contributed by atoms with E-state index < -0.39 is 29.7 Å². The van der Waals surface area contributed by atoms with Gasteiger partial charge in [-0.1, -0.05) is 36.4 Å². The number of amides is 1. The molecule has 1 aliphatic heterocycles. The van der Waals surface area contributed by atoms with Gasteiger partial charge in [0.05, 0.1) is 13.0 Å². The lowest BCUT2D eigenvalue weighted by molar-refractivity contribution is -0.159. The topological polar surface area (TPSA) is 81.7 Å². The first-order valence-corrected chi connectivity index (χ1v) is 8.19. The maximum atomic E-state index is 13.1. The molecule has 0 bridgehead atoms. The molecule has 134 valence electrons. The van der Waals surface area contributed by atoms with E-state index in [0.29, 0.717) is 11.3 Å². The molecule has 0 aliphatic carbocycles. The molecule has 0 saturated heterocycles. The van der Waals surface area contributed by atoms with Crippen LogP contribution < -0.4 is 10.1 Å². The van der Waals surface area contributed by atoms with Crippen LogP contribution in [0.25, 0.3) is 0 Å². The van der Waals surface area contributed by atoms with Crippen molar-refractivity contribution in [3.8, 4) is 5.75 Å². The normalized spacial score (nSPS) is 18.5. The molecule has 0 radical (unpaired) electrons. The predicted octanol–water partition coefficient (Wildman–Crippen LogP) is 2.73. The van der Waals surface area contributed by atoms with Crippen LogP contribution in [0.5, 0.6) is 5.75 Å². The van der Waals surface area contributed by atoms with Crippen molar-refractivity contribution in [2.24, 2.45) is 5.92 Å². The van der Waals surface area contributed by atoms with E-state index >= 15 is 0 Å². The number of aryl methyl sites for hydroxylation is 2. The predicted molar refractivity (Wildman–Crippen MR) is 94.9 cm³/mol. The number of anilines is 1. The number of esters is 2. The summed E-state index contributed by atoms with van der Waals surface area (Å²) in [7, 11) is 1.18. The van der Waals surface area contributed by atoms with Crippen molar-refractivity contribution < 1.29 is 23.9 Å². The molecule has 2 aromatic rings. The molecule has 0 spiro atoms. The van der Waals surface area contributed by atoms with Gasteiger partial charge >= 0.3 is 11.9 Å². The van der Waals surface area contributed by atoms with Crippen molar-refractivity contribution in [1.82, 2.24) is 0 Å². The number of rotatable bonds is 3. The van der Waals surface area contributed by atoms with E-state index in [-0.39, 0.29) is 5.75 Å². The van der Waals surface area contributed by atoms with Crippen LogP contribution in [-0.2, 0) is 19.1 Å². The molecule has 0 fully saturated rings. The average Bonchev–Trinajstić information content (AvgIpc) is 2.63. The molecule has 2 aromatic carbocycles. The first-order valence-electron chi connectivity index (χ1n) is 8.19. The summed E-state index contributed by atoms with van der Waals surface area (Å²) in [6, 6.07) is 12.3. The van der Waals surface area contributed by atoms with Crippen molar-refractivity contribution in [2.75, 3.05) is 12.4 Å². The second kappa shape index (κ2) is 7.00. The highest BCUT2D eigenvalue weighted by Gasteiger charge is 2.47. The zero-order valence-electron chi connectivity index (χ0n) is 14.7. The van der Waals surface area contributed by atoms with Crippen LogP contribution in [0.3, 0.4) is 0 Å². The molecule has 6 nitrogen and oxygen atoms in total. The number of carbonyl (C=O) groups excluding carboxylic acids is 3. The maximum Gasteiger partial charge on any atom is 0.326 e. The molecule has 1 amide bonds. The van der Waals surface area contributed by atoms with Crippen molar-refractivity contribution in [1.29, 1.82) is 0 Å². The molecule has 1 N–H and O–H groups in total. The van der Waals surface area contributed by atoms with Crippen molar-refractivity contribution in [2.45, 2.75) is 19.8 Å². The van der Waals surface area contributed by atoms with Crippen LogP contribution in [0.2, 0.25) is 0 Å². The van der Waals surface area contributed by atoms with E-state index in [1.54, 1.807) is 24.3 Å². The Morgan fingerprint density at radius 2 is 1.65 bits per heavy atom. The quantitative estimate of drug-likeness (QED) is 0.521. The lowest BCUT2D eigenvalue weighted by Gasteiger charge is -2.29. The number of carbonyl (C=O) groups is 3. The smallest absolute Gasteiger partial charge is 0.326 e. The summed E-state index contributed by atoms with van der Waals surface area (Å²) in [6.45, 7) is 3.76. The first-order chi connectivity index (χ1) is 12.4. The summed E-state index contributed by atoms with van der Waals surface area (Å²) in [5.74, 6) is -4.15. The molecule has 26 heavy (non-hydrogen) atoms. The number of nitrogens with one attached hydrogen (secondary N) is 1. The Morgan fingerprint density at radius 1 is 1.00 bits per heavy atom. The van der Waals surface area contributed by atoms with Gasteiger partial charge in [0.1, 0.15) is 5.75 Å². The molecule has 2 unspecified atom stereocenters. The summed E-state index contributed by atoms with van der Waals surface area (Å²) in [5, 5.41) is 2.86. The zero-order chi connectivity index (χ0) is 18.8. The molecular formula is C20H19NO5. The van der Waals surface area contributed by atoms with Gasteiger partial charge in [0.25, 0.3) is 0 Å². The summed E-state index contributed by atoms with van der Waals surface area (Å²) < 4.78 is 9.96. The highest BCUT2D eigenvalue weighted by Crippen LogP contribution is 2.39. The van der Waals surface area contributed by atoms with E-state index in [2.05, 4.69) is 5.32 Å². The Kier molecular flexibility index (Phi) is 4.75. The fourth-order valence-electron chi connectivity index (χ4n) is 3.18. The average molecular weight is 353 g/mol. The standard InChI is InChI=1S/C20H19NO5/c1-11-7-6-8-12(2)17(11)21-18(22)15-13-9-4-5-10-14(13)26-20(24)16(15)19(23)25-3/h4-10,15-16H,1-3H3,(H,21,22). The Morgan fingerprint density at radius 3 is 2.31 bits per heavy atom. The van der Waals surface area contributed by atoms with Crippen LogP contribution in [0, 0.1) is 19.8 Å². The minimum atomic E-state index is -1.35. The fraction of sp³-hybridized carbons (Fsp3) is 0.250. The van der Waals surface area contributed by atoms with Crippen molar-refractivity contribution in [3.05, 3.63) is 59.2 Å². The number of ether oxygens (including phenoxy) is 2. The number of fused-ring (bicyclic) bond motifs is 1. The second-order valence-corrected chi connectivity index (χ2v) is 6.19. The number of para-hydroxylation sites is 2. The molecule has 0 aromatic heterocycles. The third-order valence-corrected chi connectivity index (χ3v) is 4.52. The number of methoxy groups -OCH3 is 1. The summed E-state index contributed by atoms with van der Waals surface area (Å²) in [6.07, 6.45) is 0. The van der Waals surface area contributed by atoms with Crippen molar-refractivity contribution >= 4 is 23.5 Å². The first kappa shape index (κ1) is 17.7. The van der Waals surface area contributed by atoms with Crippen LogP contribution in [0.1, 0.15) is 22.6 Å². The van der Waals surface area contributed by atoms with Gasteiger partial charge < -0.3 is 14.8 Å². The van der Waals surface area contributed by atoms with E-state index in [0.717, 1.165) is 11.1 Å². The zero-order valence-corrected chi connectivity index (χ0v) is 14.7. The lowest BCUT2D eigenvalue weighted by atomic mass is 9.82. The van der Waals surface area contributed by atoms with Gasteiger partial charge in [-0.3, -0.25) is 14.4 Å². The Labute approximate surface area is 151 Å². The third-order valence-electron chi connectivity index (χ3n) is 4.52. The minimum absolute atomic E-state index is 0.277. The molecule has 0 saturated carbocycles. The number of hydrogen-bond donors (Lipinski definition) is 1. The van der Waals surface area contributed by atoms with Gasteiger partial charge in [0, 0.05) is 11.3 Å². The summed E-state index contributed by atoms with van der Waals surface area (Å²) in [4.78, 5) is 37.6. The van der Waals surface area contributed by atoms with Gasteiger partial charge in [-0.2, -0.15) is 0 Å². The lowest BCUT2D eigenvalue weighted by Crippen LogP contribution is -2.43. The highest BCUT2D eigenvalue weighted by molar-refractivity contribution is 6.08. The molecule has 6 heteroatoms. The molecule has 3 rings (SSSR count). The monoisotopic (exact) mass is 353 g/mol. The third kappa shape index (κ3) is 3.06. The molecular weight excluding hydrogens is 334 g/mol. The van der Waals surface area contributed by atoms with Crippen LogP contribution in [-0.4, -0.2) is 25.0 Å². The SMILES string of the molecule is COC(=O)C1C(=O)Oc2ccccc2C1C(=O)Nc1c(C)cccc1C. The minimum Gasteiger partial charge on any atom is -0.468 e. The largest absolute Gasteiger partial charge is 0.468 e. The number of benzene rings is 2. The molecule has 1 aliphatic rings. The molecule has 2 atom stereocenters. The maximum absolute atomic E-state index is 13.1. The van der Waals surface area contributed by atoms with Crippen molar-refractivity contribution in [3.63, 3.8) is 0 Å². The van der Waals surface area contributed by atoms with Gasteiger partial charge in [0.15, 0.2) is 5.92 Å².